The van der Waals surface area contributed by atoms with E-state index in [1.54, 1.807) is 6.07 Å². The molecule has 1 amide bonds. The molecular weight excluding hydrogens is 263 g/mol. The summed E-state index contributed by atoms with van der Waals surface area (Å²) in [6.07, 6.45) is 3.24. The molecule has 0 unspecified atom stereocenters. The number of hydrogen-bond donors (Lipinski definition) is 0. The molecule has 0 bridgehead atoms. The van der Waals surface area contributed by atoms with Crippen LogP contribution in [0.1, 0.15) is 25.7 Å². The Hall–Kier alpha value is -1.98. The van der Waals surface area contributed by atoms with Crippen LogP contribution in [0.3, 0.4) is 0 Å². The molecular formula is C14H15FN2O3. The second kappa shape index (κ2) is 4.85. The van der Waals surface area contributed by atoms with Crippen molar-refractivity contribution in [3.63, 3.8) is 0 Å². The molecule has 1 saturated heterocycles. The number of ether oxygens (including phenoxy) is 1. The predicted molar refractivity (Wildman–Crippen MR) is 68.8 cm³/mol. The molecule has 2 heterocycles. The Morgan fingerprint density at radius 3 is 2.80 bits per heavy atom. The van der Waals surface area contributed by atoms with E-state index in [0.717, 1.165) is 19.1 Å². The standard InChI is InChI=1S/C14H15FN2O3/c15-11-2-1-3-12(16-11)17-9-14(20-13(17)19)6-4-10(8-18)5-7-14/h1-3,8,10H,4-7,9H2. The van der Waals surface area contributed by atoms with Gasteiger partial charge in [0.05, 0.1) is 6.54 Å². The molecule has 20 heavy (non-hydrogen) atoms. The van der Waals surface area contributed by atoms with Crippen molar-refractivity contribution in [2.75, 3.05) is 11.4 Å². The molecule has 2 aliphatic rings. The van der Waals surface area contributed by atoms with Crippen LogP contribution in [0.5, 0.6) is 0 Å². The summed E-state index contributed by atoms with van der Waals surface area (Å²) in [5.41, 5.74) is -0.551. The minimum absolute atomic E-state index is 0.0562. The molecule has 1 spiro atoms. The van der Waals surface area contributed by atoms with Gasteiger partial charge in [-0.15, -0.1) is 0 Å². The van der Waals surface area contributed by atoms with E-state index < -0.39 is 17.6 Å². The molecule has 3 rings (SSSR count). The molecule has 1 aliphatic carbocycles. The van der Waals surface area contributed by atoms with Crippen molar-refractivity contribution >= 4 is 18.2 Å². The van der Waals surface area contributed by atoms with Crippen molar-refractivity contribution < 1.29 is 18.7 Å². The lowest BCUT2D eigenvalue weighted by atomic mass is 9.79. The maximum atomic E-state index is 13.1. The summed E-state index contributed by atoms with van der Waals surface area (Å²) in [6, 6.07) is 4.33. The van der Waals surface area contributed by atoms with E-state index >= 15 is 0 Å². The summed E-state index contributed by atoms with van der Waals surface area (Å²) in [7, 11) is 0. The molecule has 0 atom stereocenters. The molecule has 106 valence electrons. The molecule has 1 aromatic rings. The fourth-order valence-electron chi connectivity index (χ4n) is 2.91. The average Bonchev–Trinajstić information content (AvgIpc) is 2.77. The zero-order valence-electron chi connectivity index (χ0n) is 10.9. The zero-order chi connectivity index (χ0) is 14.2. The summed E-state index contributed by atoms with van der Waals surface area (Å²) in [6.45, 7) is 0.369. The molecule has 0 radical (unpaired) electrons. The van der Waals surface area contributed by atoms with Crippen LogP contribution < -0.4 is 4.90 Å². The first-order valence-corrected chi connectivity index (χ1v) is 6.70. The van der Waals surface area contributed by atoms with Gasteiger partial charge in [-0.05, 0) is 37.8 Å². The number of rotatable bonds is 2. The molecule has 6 heteroatoms. The van der Waals surface area contributed by atoms with Crippen LogP contribution in [0, 0.1) is 11.9 Å². The minimum atomic E-state index is -0.624. The van der Waals surface area contributed by atoms with Gasteiger partial charge in [0.15, 0.2) is 0 Å². The van der Waals surface area contributed by atoms with Crippen LogP contribution in [-0.2, 0) is 9.53 Å². The first kappa shape index (κ1) is 13.0. The summed E-state index contributed by atoms with van der Waals surface area (Å²) in [5, 5.41) is 0. The van der Waals surface area contributed by atoms with E-state index in [0.29, 0.717) is 19.4 Å². The van der Waals surface area contributed by atoms with Gasteiger partial charge in [-0.25, -0.2) is 9.78 Å². The quantitative estimate of drug-likeness (QED) is 0.615. The monoisotopic (exact) mass is 278 g/mol. The van der Waals surface area contributed by atoms with Crippen LogP contribution in [-0.4, -0.2) is 29.5 Å². The minimum Gasteiger partial charge on any atom is -0.441 e. The molecule has 1 saturated carbocycles. The van der Waals surface area contributed by atoms with Crippen LogP contribution in [0.25, 0.3) is 0 Å². The topological polar surface area (TPSA) is 59.5 Å². The SMILES string of the molecule is O=CC1CCC2(CC1)CN(c1cccc(F)n1)C(=O)O2. The largest absolute Gasteiger partial charge is 0.441 e. The third kappa shape index (κ3) is 2.26. The summed E-state index contributed by atoms with van der Waals surface area (Å²) in [4.78, 5) is 27.8. The number of halogens is 1. The lowest BCUT2D eigenvalue weighted by Crippen LogP contribution is -2.39. The maximum Gasteiger partial charge on any atom is 0.416 e. The molecule has 1 aromatic heterocycles. The van der Waals surface area contributed by atoms with E-state index in [4.69, 9.17) is 4.74 Å². The third-order valence-corrected chi connectivity index (χ3v) is 4.08. The van der Waals surface area contributed by atoms with Crippen LogP contribution in [0.15, 0.2) is 18.2 Å². The first-order valence-electron chi connectivity index (χ1n) is 6.70. The van der Waals surface area contributed by atoms with E-state index in [9.17, 15) is 14.0 Å². The molecule has 2 fully saturated rings. The number of aldehydes is 1. The van der Waals surface area contributed by atoms with Gasteiger partial charge >= 0.3 is 6.09 Å². The number of hydrogen-bond acceptors (Lipinski definition) is 4. The van der Waals surface area contributed by atoms with E-state index in [2.05, 4.69) is 4.98 Å². The van der Waals surface area contributed by atoms with Gasteiger partial charge in [0.2, 0.25) is 5.95 Å². The second-order valence-corrected chi connectivity index (χ2v) is 5.43. The summed E-state index contributed by atoms with van der Waals surface area (Å²) >= 11 is 0. The van der Waals surface area contributed by atoms with Crippen molar-refractivity contribution in [2.45, 2.75) is 31.3 Å². The van der Waals surface area contributed by atoms with E-state index in [1.807, 2.05) is 0 Å². The molecule has 5 nitrogen and oxygen atoms in total. The number of anilines is 1. The number of pyridine rings is 1. The summed E-state index contributed by atoms with van der Waals surface area (Å²) in [5.74, 6) is -0.300. The van der Waals surface area contributed by atoms with Gasteiger partial charge in [-0.1, -0.05) is 6.07 Å². The smallest absolute Gasteiger partial charge is 0.416 e. The lowest BCUT2D eigenvalue weighted by molar-refractivity contribution is -0.113. The first-order chi connectivity index (χ1) is 9.62. The summed E-state index contributed by atoms with van der Waals surface area (Å²) < 4.78 is 18.6. The fraction of sp³-hybridized carbons (Fsp3) is 0.500. The predicted octanol–water partition coefficient (Wildman–Crippen LogP) is 2.31. The van der Waals surface area contributed by atoms with Gasteiger partial charge in [0, 0.05) is 5.92 Å². The van der Waals surface area contributed by atoms with Crippen LogP contribution in [0.2, 0.25) is 0 Å². The number of aromatic nitrogens is 1. The van der Waals surface area contributed by atoms with Gasteiger partial charge < -0.3 is 9.53 Å². The van der Waals surface area contributed by atoms with Crippen LogP contribution in [0.4, 0.5) is 15.0 Å². The van der Waals surface area contributed by atoms with Gasteiger partial charge in [0.1, 0.15) is 17.7 Å². The molecule has 1 aliphatic heterocycles. The number of amides is 1. The Kier molecular flexibility index (Phi) is 3.16. The van der Waals surface area contributed by atoms with E-state index in [-0.39, 0.29) is 11.7 Å². The highest BCUT2D eigenvalue weighted by molar-refractivity contribution is 5.89. The van der Waals surface area contributed by atoms with E-state index in [1.165, 1.54) is 17.0 Å². The van der Waals surface area contributed by atoms with Crippen molar-refractivity contribution in [1.82, 2.24) is 4.98 Å². The highest BCUT2D eigenvalue weighted by Gasteiger charge is 2.48. The zero-order valence-corrected chi connectivity index (χ0v) is 10.9. The van der Waals surface area contributed by atoms with Gasteiger partial charge in [-0.2, -0.15) is 4.39 Å². The van der Waals surface area contributed by atoms with Crippen molar-refractivity contribution in [1.29, 1.82) is 0 Å². The normalized spacial score (nSPS) is 29.6. The third-order valence-electron chi connectivity index (χ3n) is 4.08. The Labute approximate surface area is 115 Å². The van der Waals surface area contributed by atoms with Crippen molar-refractivity contribution in [3.8, 4) is 0 Å². The highest BCUT2D eigenvalue weighted by Crippen LogP contribution is 2.39. The number of carbonyl (C=O) groups excluding carboxylic acids is 2. The Bertz CT molecular complexity index is 541. The van der Waals surface area contributed by atoms with Gasteiger partial charge in [0.25, 0.3) is 0 Å². The fourth-order valence-corrected chi connectivity index (χ4v) is 2.91. The second-order valence-electron chi connectivity index (χ2n) is 5.43. The van der Waals surface area contributed by atoms with Crippen LogP contribution >= 0.6 is 0 Å². The average molecular weight is 278 g/mol. The molecule has 0 aromatic carbocycles. The van der Waals surface area contributed by atoms with Crippen molar-refractivity contribution in [3.05, 3.63) is 24.1 Å². The Balaban J connectivity index is 1.77. The molecule has 0 N–H and O–H groups in total. The number of nitrogens with zero attached hydrogens (tertiary/aromatic N) is 2. The lowest BCUT2D eigenvalue weighted by Gasteiger charge is -2.33. The van der Waals surface area contributed by atoms with Crippen molar-refractivity contribution in [2.24, 2.45) is 5.92 Å². The Morgan fingerprint density at radius 1 is 1.40 bits per heavy atom. The Morgan fingerprint density at radius 2 is 2.15 bits per heavy atom. The maximum absolute atomic E-state index is 13.1. The van der Waals surface area contributed by atoms with Gasteiger partial charge in [-0.3, -0.25) is 4.90 Å². The number of carbonyl (C=O) groups is 2. The highest BCUT2D eigenvalue weighted by atomic mass is 19.1.